The van der Waals surface area contributed by atoms with Crippen molar-refractivity contribution in [3.8, 4) is 45.3 Å². The van der Waals surface area contributed by atoms with Gasteiger partial charge < -0.3 is 4.42 Å². The van der Waals surface area contributed by atoms with Crippen LogP contribution >= 0.6 is 0 Å². The molecule has 210 valence electrons. The molecule has 0 unspecified atom stereocenters. The Morgan fingerprint density at radius 1 is 0.333 bits per heavy atom. The summed E-state index contributed by atoms with van der Waals surface area (Å²) < 4.78 is 6.24. The van der Waals surface area contributed by atoms with Crippen LogP contribution in [0.15, 0.2) is 156 Å². The molecule has 45 heavy (non-hydrogen) atoms. The molecule has 0 atom stereocenters. The summed E-state index contributed by atoms with van der Waals surface area (Å²) in [6.45, 7) is 0. The van der Waals surface area contributed by atoms with Gasteiger partial charge in [-0.2, -0.15) is 0 Å². The third kappa shape index (κ3) is 4.19. The van der Waals surface area contributed by atoms with E-state index in [1.54, 1.807) is 0 Å². The minimum atomic E-state index is 0.608. The summed E-state index contributed by atoms with van der Waals surface area (Å²) in [6.07, 6.45) is 0. The van der Waals surface area contributed by atoms with Gasteiger partial charge in [0.05, 0.1) is 0 Å². The van der Waals surface area contributed by atoms with E-state index < -0.39 is 0 Å². The Hall–Kier alpha value is -6.13. The van der Waals surface area contributed by atoms with Gasteiger partial charge in [0.15, 0.2) is 17.5 Å². The third-order valence-corrected chi connectivity index (χ3v) is 8.56. The predicted octanol–water partition coefficient (Wildman–Crippen LogP) is 10.7. The SMILES string of the molecule is c1ccc(-c2ccc(-c3nc(-c4cccc5ccccc45)nc(-c4cccc5oc6ccccc6c45)n3)c3ccccc23)cc1. The van der Waals surface area contributed by atoms with Crippen LogP contribution in [-0.4, -0.2) is 15.0 Å². The molecule has 0 aliphatic carbocycles. The van der Waals surface area contributed by atoms with Crippen LogP contribution in [0.2, 0.25) is 0 Å². The van der Waals surface area contributed by atoms with E-state index >= 15 is 0 Å². The summed E-state index contributed by atoms with van der Waals surface area (Å²) in [5.74, 6) is 1.87. The molecule has 4 heteroatoms. The molecule has 0 amide bonds. The highest BCUT2D eigenvalue weighted by Gasteiger charge is 2.20. The molecule has 9 rings (SSSR count). The van der Waals surface area contributed by atoms with Crippen LogP contribution in [0.4, 0.5) is 0 Å². The number of fused-ring (bicyclic) bond motifs is 5. The average Bonchev–Trinajstić information content (AvgIpc) is 3.50. The van der Waals surface area contributed by atoms with Crippen molar-refractivity contribution in [2.45, 2.75) is 0 Å². The van der Waals surface area contributed by atoms with Crippen molar-refractivity contribution < 1.29 is 4.42 Å². The fourth-order valence-electron chi connectivity index (χ4n) is 6.48. The Morgan fingerprint density at radius 2 is 0.844 bits per heavy atom. The third-order valence-electron chi connectivity index (χ3n) is 8.56. The quantitative estimate of drug-likeness (QED) is 0.209. The maximum absolute atomic E-state index is 6.24. The highest BCUT2D eigenvalue weighted by Crippen LogP contribution is 2.39. The zero-order chi connectivity index (χ0) is 29.7. The van der Waals surface area contributed by atoms with Crippen molar-refractivity contribution in [3.05, 3.63) is 152 Å². The first-order valence-electron chi connectivity index (χ1n) is 15.0. The fraction of sp³-hybridized carbons (Fsp3) is 0. The number of nitrogens with zero attached hydrogens (tertiary/aromatic N) is 3. The van der Waals surface area contributed by atoms with Crippen LogP contribution in [0.3, 0.4) is 0 Å². The first kappa shape index (κ1) is 25.4. The molecule has 0 spiro atoms. The van der Waals surface area contributed by atoms with Crippen LogP contribution in [-0.2, 0) is 0 Å². The molecule has 0 radical (unpaired) electrons. The van der Waals surface area contributed by atoms with Gasteiger partial charge in [0, 0.05) is 27.5 Å². The summed E-state index contributed by atoms with van der Waals surface area (Å²) in [5, 5.41) is 6.51. The van der Waals surface area contributed by atoms with E-state index in [0.29, 0.717) is 17.5 Å². The van der Waals surface area contributed by atoms with E-state index in [1.807, 2.05) is 36.4 Å². The molecule has 0 saturated heterocycles. The first-order chi connectivity index (χ1) is 22.3. The first-order valence-corrected chi connectivity index (χ1v) is 15.0. The second-order valence-corrected chi connectivity index (χ2v) is 11.2. The van der Waals surface area contributed by atoms with Crippen LogP contribution in [0.5, 0.6) is 0 Å². The minimum absolute atomic E-state index is 0.608. The summed E-state index contributed by atoms with van der Waals surface area (Å²) in [6, 6.07) is 52.2. The van der Waals surface area contributed by atoms with Gasteiger partial charge in [-0.15, -0.1) is 0 Å². The van der Waals surface area contributed by atoms with Crippen molar-refractivity contribution in [2.24, 2.45) is 0 Å². The number of hydrogen-bond donors (Lipinski definition) is 0. The Bertz CT molecular complexity index is 2540. The second-order valence-electron chi connectivity index (χ2n) is 11.2. The molecule has 0 aliphatic heterocycles. The van der Waals surface area contributed by atoms with Gasteiger partial charge in [-0.1, -0.05) is 133 Å². The van der Waals surface area contributed by atoms with Crippen molar-refractivity contribution in [1.29, 1.82) is 0 Å². The molecule has 2 heterocycles. The molecule has 4 nitrogen and oxygen atoms in total. The lowest BCUT2D eigenvalue weighted by Gasteiger charge is -2.14. The molecule has 9 aromatic rings. The molecule has 0 fully saturated rings. The van der Waals surface area contributed by atoms with Crippen LogP contribution in [0.25, 0.3) is 88.8 Å². The van der Waals surface area contributed by atoms with Crippen molar-refractivity contribution in [3.63, 3.8) is 0 Å². The van der Waals surface area contributed by atoms with Crippen LogP contribution in [0, 0.1) is 0 Å². The van der Waals surface area contributed by atoms with Gasteiger partial charge in [0.1, 0.15) is 11.2 Å². The highest BCUT2D eigenvalue weighted by atomic mass is 16.3. The van der Waals surface area contributed by atoms with Crippen LogP contribution < -0.4 is 0 Å². The smallest absolute Gasteiger partial charge is 0.164 e. The second kappa shape index (κ2) is 10.2. The number of hydrogen-bond acceptors (Lipinski definition) is 4. The summed E-state index contributed by atoms with van der Waals surface area (Å²) in [4.78, 5) is 15.6. The molecule has 0 saturated carbocycles. The number of rotatable bonds is 4. The number of aromatic nitrogens is 3. The van der Waals surface area contributed by atoms with Gasteiger partial charge >= 0.3 is 0 Å². The number of benzene rings is 7. The van der Waals surface area contributed by atoms with Gasteiger partial charge in [-0.3, -0.25) is 0 Å². The van der Waals surface area contributed by atoms with E-state index in [4.69, 9.17) is 19.4 Å². The average molecular weight is 576 g/mol. The Kier molecular flexibility index (Phi) is 5.78. The van der Waals surface area contributed by atoms with E-state index in [9.17, 15) is 0 Å². The molecule has 7 aromatic carbocycles. The van der Waals surface area contributed by atoms with Crippen molar-refractivity contribution in [2.75, 3.05) is 0 Å². The normalized spacial score (nSPS) is 11.6. The topological polar surface area (TPSA) is 51.8 Å². The lowest BCUT2D eigenvalue weighted by molar-refractivity contribution is 0.669. The predicted molar refractivity (Wildman–Crippen MR) is 184 cm³/mol. The van der Waals surface area contributed by atoms with E-state index in [2.05, 4.69) is 115 Å². The highest BCUT2D eigenvalue weighted by molar-refractivity contribution is 6.12. The largest absolute Gasteiger partial charge is 0.456 e. The summed E-state index contributed by atoms with van der Waals surface area (Å²) in [5.41, 5.74) is 6.82. The number of furan rings is 1. The molecular weight excluding hydrogens is 550 g/mol. The van der Waals surface area contributed by atoms with Crippen molar-refractivity contribution >= 4 is 43.5 Å². The Morgan fingerprint density at radius 3 is 1.64 bits per heavy atom. The van der Waals surface area contributed by atoms with Crippen molar-refractivity contribution in [1.82, 2.24) is 15.0 Å². The zero-order valence-corrected chi connectivity index (χ0v) is 24.2. The molecular formula is C41H25N3O. The zero-order valence-electron chi connectivity index (χ0n) is 24.2. The lowest BCUT2D eigenvalue weighted by Crippen LogP contribution is -2.01. The minimum Gasteiger partial charge on any atom is -0.456 e. The van der Waals surface area contributed by atoms with Gasteiger partial charge in [0.25, 0.3) is 0 Å². The van der Waals surface area contributed by atoms with Gasteiger partial charge in [0.2, 0.25) is 0 Å². The van der Waals surface area contributed by atoms with Crippen LogP contribution in [0.1, 0.15) is 0 Å². The molecule has 0 N–H and O–H groups in total. The Labute approximate surface area is 259 Å². The summed E-state index contributed by atoms with van der Waals surface area (Å²) >= 11 is 0. The monoisotopic (exact) mass is 575 g/mol. The lowest BCUT2D eigenvalue weighted by atomic mass is 9.94. The Balaban J connectivity index is 1.35. The molecule has 2 aromatic heterocycles. The summed E-state index contributed by atoms with van der Waals surface area (Å²) in [7, 11) is 0. The number of para-hydroxylation sites is 1. The fourth-order valence-corrected chi connectivity index (χ4v) is 6.48. The van der Waals surface area contributed by atoms with E-state index in [0.717, 1.165) is 60.2 Å². The maximum atomic E-state index is 6.24. The standard InChI is InChI=1S/C41H25N3O/c1-2-12-26(13-3-1)29-24-25-33(31-18-7-6-17-30(29)31)40-42-39(32-20-10-15-27-14-4-5-16-28(27)32)43-41(44-40)35-21-11-23-37-38(35)34-19-8-9-22-36(34)45-37/h1-25H. The van der Waals surface area contributed by atoms with E-state index in [-0.39, 0.29) is 0 Å². The van der Waals surface area contributed by atoms with E-state index in [1.165, 1.54) is 11.1 Å². The van der Waals surface area contributed by atoms with Gasteiger partial charge in [-0.25, -0.2) is 15.0 Å². The molecule has 0 aliphatic rings. The maximum Gasteiger partial charge on any atom is 0.164 e. The van der Waals surface area contributed by atoms with Gasteiger partial charge in [-0.05, 0) is 50.9 Å². The molecule has 0 bridgehead atoms.